The number of ether oxygens (including phenoxy) is 1. The third-order valence-corrected chi connectivity index (χ3v) is 3.71. The predicted octanol–water partition coefficient (Wildman–Crippen LogP) is 4.57. The minimum Gasteiger partial charge on any atom is -0.496 e. The highest BCUT2D eigenvalue weighted by Gasteiger charge is 2.02. The van der Waals surface area contributed by atoms with E-state index in [2.05, 4.69) is 24.4 Å². The van der Waals surface area contributed by atoms with Gasteiger partial charge in [0.25, 0.3) is 0 Å². The third-order valence-electron chi connectivity index (χ3n) is 3.71. The van der Waals surface area contributed by atoms with Gasteiger partial charge >= 0.3 is 0 Å². The summed E-state index contributed by atoms with van der Waals surface area (Å²) in [5.74, 6) is 0.856. The van der Waals surface area contributed by atoms with Gasteiger partial charge in [-0.3, -0.25) is 0 Å². The van der Waals surface area contributed by atoms with E-state index in [4.69, 9.17) is 9.84 Å². The summed E-state index contributed by atoms with van der Waals surface area (Å²) in [7, 11) is 1.69. The summed E-state index contributed by atoms with van der Waals surface area (Å²) >= 11 is 0. The Balaban J connectivity index is 2.10. The smallest absolute Gasteiger partial charge is 0.128 e. The van der Waals surface area contributed by atoms with Crippen molar-refractivity contribution < 1.29 is 9.84 Å². The molecule has 0 atom stereocenters. The van der Waals surface area contributed by atoms with Crippen molar-refractivity contribution in [2.75, 3.05) is 19.0 Å². The SMILES string of the molecule is CCCCNc1ccc(/C=C/c2ccc(CO)cc2)c(OC)c1. The van der Waals surface area contributed by atoms with Gasteiger partial charge in [-0.15, -0.1) is 0 Å². The van der Waals surface area contributed by atoms with Gasteiger partial charge in [0, 0.05) is 23.9 Å². The molecule has 0 amide bonds. The summed E-state index contributed by atoms with van der Waals surface area (Å²) in [5, 5.41) is 12.5. The van der Waals surface area contributed by atoms with Crippen LogP contribution < -0.4 is 10.1 Å². The van der Waals surface area contributed by atoms with Crippen LogP contribution in [0.3, 0.4) is 0 Å². The zero-order valence-electron chi connectivity index (χ0n) is 13.9. The lowest BCUT2D eigenvalue weighted by atomic mass is 10.1. The maximum atomic E-state index is 9.07. The number of hydrogen-bond donors (Lipinski definition) is 2. The van der Waals surface area contributed by atoms with E-state index in [1.54, 1.807) is 7.11 Å². The second-order valence-corrected chi connectivity index (χ2v) is 5.47. The molecule has 0 fully saturated rings. The summed E-state index contributed by atoms with van der Waals surface area (Å²) in [6.07, 6.45) is 6.43. The molecular formula is C20H25NO2. The predicted molar refractivity (Wildman–Crippen MR) is 97.7 cm³/mol. The van der Waals surface area contributed by atoms with Crippen molar-refractivity contribution >= 4 is 17.8 Å². The van der Waals surface area contributed by atoms with Crippen molar-refractivity contribution in [1.29, 1.82) is 0 Å². The molecule has 0 heterocycles. The zero-order valence-corrected chi connectivity index (χ0v) is 13.9. The standard InChI is InChI=1S/C20H25NO2/c1-3-4-13-21-19-12-11-18(20(14-19)23-2)10-9-16-5-7-17(15-22)8-6-16/h5-12,14,21-22H,3-4,13,15H2,1-2H3/b10-9+. The highest BCUT2D eigenvalue weighted by Crippen LogP contribution is 2.25. The summed E-state index contributed by atoms with van der Waals surface area (Å²) in [6.45, 7) is 3.24. The number of aliphatic hydroxyl groups excluding tert-OH is 1. The first-order valence-electron chi connectivity index (χ1n) is 8.06. The molecule has 0 aliphatic carbocycles. The Labute approximate surface area is 138 Å². The fourth-order valence-corrected chi connectivity index (χ4v) is 2.29. The van der Waals surface area contributed by atoms with E-state index < -0.39 is 0 Å². The van der Waals surface area contributed by atoms with Crippen LogP contribution in [0.25, 0.3) is 12.2 Å². The molecule has 0 saturated carbocycles. The topological polar surface area (TPSA) is 41.5 Å². The largest absolute Gasteiger partial charge is 0.496 e. The Morgan fingerprint density at radius 2 is 1.87 bits per heavy atom. The van der Waals surface area contributed by atoms with E-state index in [9.17, 15) is 0 Å². The number of anilines is 1. The van der Waals surface area contributed by atoms with Gasteiger partial charge in [0.05, 0.1) is 13.7 Å². The molecule has 122 valence electrons. The average molecular weight is 311 g/mol. The Hall–Kier alpha value is -2.26. The minimum atomic E-state index is 0.0737. The van der Waals surface area contributed by atoms with Crippen molar-refractivity contribution in [1.82, 2.24) is 0 Å². The van der Waals surface area contributed by atoms with Gasteiger partial charge in [-0.25, -0.2) is 0 Å². The number of methoxy groups -OCH3 is 1. The van der Waals surface area contributed by atoms with Crippen LogP contribution in [0.2, 0.25) is 0 Å². The molecule has 0 aliphatic heterocycles. The lowest BCUT2D eigenvalue weighted by molar-refractivity contribution is 0.282. The van der Waals surface area contributed by atoms with Gasteiger partial charge in [0.1, 0.15) is 5.75 Å². The van der Waals surface area contributed by atoms with E-state index in [0.29, 0.717) is 0 Å². The molecule has 0 radical (unpaired) electrons. The van der Waals surface area contributed by atoms with E-state index in [-0.39, 0.29) is 6.61 Å². The fraction of sp³-hybridized carbons (Fsp3) is 0.300. The molecule has 0 bridgehead atoms. The maximum Gasteiger partial charge on any atom is 0.128 e. The second kappa shape index (κ2) is 9.01. The first kappa shape index (κ1) is 17.1. The maximum absolute atomic E-state index is 9.07. The van der Waals surface area contributed by atoms with Crippen molar-refractivity contribution in [3.63, 3.8) is 0 Å². The zero-order chi connectivity index (χ0) is 16.5. The molecule has 0 spiro atoms. The second-order valence-electron chi connectivity index (χ2n) is 5.47. The number of nitrogens with one attached hydrogen (secondary N) is 1. The lowest BCUT2D eigenvalue weighted by Gasteiger charge is -2.10. The van der Waals surface area contributed by atoms with Gasteiger partial charge in [-0.2, -0.15) is 0 Å². The molecule has 0 unspecified atom stereocenters. The van der Waals surface area contributed by atoms with Crippen LogP contribution in [0, 0.1) is 0 Å². The molecule has 2 rings (SSSR count). The van der Waals surface area contributed by atoms with Gasteiger partial charge in [-0.05, 0) is 29.7 Å². The molecule has 0 aliphatic rings. The Morgan fingerprint density at radius 3 is 2.52 bits per heavy atom. The van der Waals surface area contributed by atoms with Crippen molar-refractivity contribution in [2.24, 2.45) is 0 Å². The van der Waals surface area contributed by atoms with Crippen LogP contribution in [-0.2, 0) is 6.61 Å². The van der Waals surface area contributed by atoms with Crippen LogP contribution in [-0.4, -0.2) is 18.8 Å². The highest BCUT2D eigenvalue weighted by atomic mass is 16.5. The molecule has 0 aromatic heterocycles. The van der Waals surface area contributed by atoms with Crippen molar-refractivity contribution in [3.8, 4) is 5.75 Å². The molecular weight excluding hydrogens is 286 g/mol. The van der Waals surface area contributed by atoms with E-state index in [1.165, 1.54) is 6.42 Å². The number of unbranched alkanes of at least 4 members (excludes halogenated alkanes) is 1. The summed E-state index contributed by atoms with van der Waals surface area (Å²) < 4.78 is 5.49. The molecule has 0 saturated heterocycles. The van der Waals surface area contributed by atoms with Gasteiger partial charge in [-0.1, -0.05) is 49.8 Å². The third kappa shape index (κ3) is 5.15. The van der Waals surface area contributed by atoms with Crippen LogP contribution in [0.1, 0.15) is 36.5 Å². The van der Waals surface area contributed by atoms with E-state index in [0.717, 1.165) is 41.1 Å². The molecule has 2 N–H and O–H groups in total. The Bertz CT molecular complexity index is 633. The van der Waals surface area contributed by atoms with Gasteiger partial charge in [0.2, 0.25) is 0 Å². The minimum absolute atomic E-state index is 0.0737. The van der Waals surface area contributed by atoms with E-state index in [1.807, 2.05) is 42.5 Å². The number of aliphatic hydroxyl groups is 1. The van der Waals surface area contributed by atoms with Gasteiger partial charge < -0.3 is 15.2 Å². The van der Waals surface area contributed by atoms with Crippen LogP contribution >= 0.6 is 0 Å². The van der Waals surface area contributed by atoms with Crippen molar-refractivity contribution in [3.05, 3.63) is 59.2 Å². The molecule has 2 aromatic rings. The van der Waals surface area contributed by atoms with Crippen molar-refractivity contribution in [2.45, 2.75) is 26.4 Å². The lowest BCUT2D eigenvalue weighted by Crippen LogP contribution is -2.01. The van der Waals surface area contributed by atoms with Crippen LogP contribution in [0.15, 0.2) is 42.5 Å². The first-order valence-corrected chi connectivity index (χ1v) is 8.06. The van der Waals surface area contributed by atoms with Crippen LogP contribution in [0.4, 0.5) is 5.69 Å². The number of rotatable bonds is 8. The first-order chi connectivity index (χ1) is 11.3. The fourth-order valence-electron chi connectivity index (χ4n) is 2.29. The van der Waals surface area contributed by atoms with E-state index >= 15 is 0 Å². The number of benzene rings is 2. The normalized spacial score (nSPS) is 10.9. The summed E-state index contributed by atoms with van der Waals surface area (Å²) in [6, 6.07) is 14.0. The quantitative estimate of drug-likeness (QED) is 0.554. The highest BCUT2D eigenvalue weighted by molar-refractivity contribution is 5.74. The number of hydrogen-bond acceptors (Lipinski definition) is 3. The van der Waals surface area contributed by atoms with Crippen LogP contribution in [0.5, 0.6) is 5.75 Å². The molecule has 23 heavy (non-hydrogen) atoms. The summed E-state index contributed by atoms with van der Waals surface area (Å²) in [5.41, 5.74) is 4.14. The average Bonchev–Trinajstić information content (AvgIpc) is 2.61. The molecule has 2 aromatic carbocycles. The Kier molecular flexibility index (Phi) is 6.70. The Morgan fingerprint density at radius 1 is 1.09 bits per heavy atom. The molecule has 3 nitrogen and oxygen atoms in total. The molecule has 3 heteroatoms. The monoisotopic (exact) mass is 311 g/mol. The van der Waals surface area contributed by atoms with Gasteiger partial charge in [0.15, 0.2) is 0 Å². The summed E-state index contributed by atoms with van der Waals surface area (Å²) in [4.78, 5) is 0.